The van der Waals surface area contributed by atoms with Gasteiger partial charge in [0.25, 0.3) is 0 Å². The zero-order valence-corrected chi connectivity index (χ0v) is 21.5. The Morgan fingerprint density at radius 3 is 2.44 bits per heavy atom. The molecule has 1 aromatic carbocycles. The molecule has 3 aromatic rings. The molecule has 0 atom stereocenters. The molecule has 1 aliphatic rings. The van der Waals surface area contributed by atoms with Crippen molar-refractivity contribution in [1.29, 1.82) is 0 Å². The number of amides is 1. The highest BCUT2D eigenvalue weighted by Crippen LogP contribution is 2.27. The van der Waals surface area contributed by atoms with Gasteiger partial charge in [-0.15, -0.1) is 0 Å². The van der Waals surface area contributed by atoms with Crippen LogP contribution in [0, 0.1) is 5.41 Å². The molecule has 182 valence electrons. The lowest BCUT2D eigenvalue weighted by molar-refractivity contribution is -0.130. The van der Waals surface area contributed by atoms with E-state index in [1.165, 1.54) is 0 Å². The van der Waals surface area contributed by atoms with Gasteiger partial charge in [-0.3, -0.25) is 18.8 Å². The van der Waals surface area contributed by atoms with Crippen LogP contribution in [0.3, 0.4) is 0 Å². The van der Waals surface area contributed by atoms with Gasteiger partial charge < -0.3 is 4.90 Å². The van der Waals surface area contributed by atoms with Gasteiger partial charge in [0.1, 0.15) is 0 Å². The largest absolute Gasteiger partial charge is 0.340 e. The third kappa shape index (κ3) is 5.36. The summed E-state index contributed by atoms with van der Waals surface area (Å²) in [5.74, 6) is 0.148. The highest BCUT2D eigenvalue weighted by molar-refractivity contribution is 6.31. The number of aryl methyl sites for hydroxylation is 1. The average Bonchev–Trinajstić information content (AvgIpc) is 3.01. The van der Waals surface area contributed by atoms with Gasteiger partial charge in [-0.05, 0) is 47.7 Å². The summed E-state index contributed by atoms with van der Waals surface area (Å²) in [6.07, 6.45) is 0.871. The maximum Gasteiger partial charge on any atom is 0.330 e. The number of fused-ring (bicyclic) bond motifs is 1. The second-order valence-electron chi connectivity index (χ2n) is 10.5. The van der Waals surface area contributed by atoms with Crippen molar-refractivity contribution < 1.29 is 4.79 Å². The molecule has 3 heterocycles. The third-order valence-electron chi connectivity index (χ3n) is 6.40. The van der Waals surface area contributed by atoms with E-state index >= 15 is 0 Å². The lowest BCUT2D eigenvalue weighted by Crippen LogP contribution is -2.48. The van der Waals surface area contributed by atoms with Gasteiger partial charge >= 0.3 is 5.69 Å². The Morgan fingerprint density at radius 1 is 1.09 bits per heavy atom. The smallest absolute Gasteiger partial charge is 0.330 e. The first-order valence-electron chi connectivity index (χ1n) is 11.9. The van der Waals surface area contributed by atoms with Gasteiger partial charge in [0.15, 0.2) is 5.65 Å². The lowest BCUT2D eigenvalue weighted by atomic mass is 9.97. The first-order chi connectivity index (χ1) is 16.0. The van der Waals surface area contributed by atoms with Gasteiger partial charge in [-0.1, -0.05) is 32.4 Å². The summed E-state index contributed by atoms with van der Waals surface area (Å²) in [7, 11) is 1.77. The van der Waals surface area contributed by atoms with E-state index < -0.39 is 0 Å². The molecule has 1 fully saturated rings. The summed E-state index contributed by atoms with van der Waals surface area (Å²) in [4.78, 5) is 33.5. The summed E-state index contributed by atoms with van der Waals surface area (Å²) < 4.78 is 3.43. The van der Waals surface area contributed by atoms with Crippen LogP contribution in [0.1, 0.15) is 33.3 Å². The third-order valence-corrected chi connectivity index (χ3v) is 6.62. The Morgan fingerprint density at radius 2 is 1.79 bits per heavy atom. The van der Waals surface area contributed by atoms with E-state index in [9.17, 15) is 9.59 Å². The fourth-order valence-electron chi connectivity index (χ4n) is 4.58. The molecule has 0 saturated carbocycles. The van der Waals surface area contributed by atoms with Crippen LogP contribution < -0.4 is 5.69 Å². The molecule has 0 unspecified atom stereocenters. The van der Waals surface area contributed by atoms with Crippen molar-refractivity contribution in [3.63, 3.8) is 0 Å². The highest BCUT2D eigenvalue weighted by atomic mass is 35.5. The standard InChI is InChI=1S/C26H34ClN5O2/c1-18(33)31-12-10-30(11-13-31)9-8-19-14-20(16-21(27)15-19)22-6-7-23-24(28-22)29(5)25(34)32(23)17-26(2,3)4/h6-7,14-16H,8-13,17H2,1-5H3. The average molecular weight is 484 g/mol. The molecule has 0 N–H and O–H groups in total. The summed E-state index contributed by atoms with van der Waals surface area (Å²) >= 11 is 6.48. The number of piperazine rings is 1. The number of carbonyl (C=O) groups excluding carboxylic acids is 1. The number of benzene rings is 1. The monoisotopic (exact) mass is 483 g/mol. The lowest BCUT2D eigenvalue weighted by Gasteiger charge is -2.34. The van der Waals surface area contributed by atoms with Gasteiger partial charge in [0.05, 0.1) is 11.2 Å². The summed E-state index contributed by atoms with van der Waals surface area (Å²) in [6, 6.07) is 10.0. The molecule has 1 aliphatic heterocycles. The zero-order chi connectivity index (χ0) is 24.6. The van der Waals surface area contributed by atoms with Crippen molar-refractivity contribution in [3.8, 4) is 11.3 Å². The summed E-state index contributed by atoms with van der Waals surface area (Å²) in [5, 5.41) is 0.676. The van der Waals surface area contributed by atoms with E-state index in [-0.39, 0.29) is 17.0 Å². The summed E-state index contributed by atoms with van der Waals surface area (Å²) in [5.41, 5.74) is 4.35. The second kappa shape index (κ2) is 9.55. The zero-order valence-electron chi connectivity index (χ0n) is 20.8. The first kappa shape index (κ1) is 24.5. The minimum Gasteiger partial charge on any atom is -0.340 e. The predicted molar refractivity (Wildman–Crippen MR) is 137 cm³/mol. The van der Waals surface area contributed by atoms with Crippen LogP contribution in [-0.2, 0) is 24.8 Å². The molecule has 0 bridgehead atoms. The number of hydrogen-bond donors (Lipinski definition) is 0. The van der Waals surface area contributed by atoms with Crippen LogP contribution in [0.2, 0.25) is 5.02 Å². The van der Waals surface area contributed by atoms with Crippen LogP contribution in [0.25, 0.3) is 22.4 Å². The molecule has 7 nitrogen and oxygen atoms in total. The molecule has 0 spiro atoms. The maximum absolute atomic E-state index is 12.9. The van der Waals surface area contributed by atoms with Gasteiger partial charge in [0.2, 0.25) is 5.91 Å². The van der Waals surface area contributed by atoms with Gasteiger partial charge in [0, 0.05) is 63.8 Å². The maximum atomic E-state index is 12.9. The van der Waals surface area contributed by atoms with Crippen LogP contribution >= 0.6 is 11.6 Å². The summed E-state index contributed by atoms with van der Waals surface area (Å²) in [6.45, 7) is 12.9. The number of hydrogen-bond acceptors (Lipinski definition) is 4. The van der Waals surface area contributed by atoms with E-state index in [1.807, 2.05) is 29.2 Å². The molecular formula is C26H34ClN5O2. The van der Waals surface area contributed by atoms with Crippen LogP contribution in [0.5, 0.6) is 0 Å². The second-order valence-corrected chi connectivity index (χ2v) is 10.9. The van der Waals surface area contributed by atoms with E-state index in [0.29, 0.717) is 17.2 Å². The van der Waals surface area contributed by atoms with Crippen LogP contribution in [-0.4, -0.2) is 62.5 Å². The van der Waals surface area contributed by atoms with Crippen molar-refractivity contribution >= 4 is 28.7 Å². The molecule has 8 heteroatoms. The van der Waals surface area contributed by atoms with Crippen molar-refractivity contribution in [1.82, 2.24) is 23.9 Å². The van der Waals surface area contributed by atoms with Gasteiger partial charge in [-0.25, -0.2) is 9.78 Å². The number of rotatable bonds is 5. The number of aromatic nitrogens is 3. The Bertz CT molecular complexity index is 1260. The van der Waals surface area contributed by atoms with E-state index in [2.05, 4.69) is 31.7 Å². The topological polar surface area (TPSA) is 63.4 Å². The van der Waals surface area contributed by atoms with Crippen LogP contribution in [0.15, 0.2) is 35.1 Å². The number of carbonyl (C=O) groups is 1. The molecule has 4 rings (SSSR count). The van der Waals surface area contributed by atoms with Gasteiger partial charge in [-0.2, -0.15) is 0 Å². The Balaban J connectivity index is 1.55. The fraction of sp³-hybridized carbons (Fsp3) is 0.500. The highest BCUT2D eigenvalue weighted by Gasteiger charge is 2.20. The SMILES string of the molecule is CC(=O)N1CCN(CCc2cc(Cl)cc(-c3ccc4c(n3)n(C)c(=O)n4CC(C)(C)C)c2)CC1. The number of imidazole rings is 1. The minimum absolute atomic E-state index is 0.0165. The Hall–Kier alpha value is -2.64. The van der Waals surface area contributed by atoms with Crippen molar-refractivity contribution in [2.75, 3.05) is 32.7 Å². The fourth-order valence-corrected chi connectivity index (χ4v) is 4.84. The minimum atomic E-state index is -0.0498. The Labute approximate surface area is 205 Å². The van der Waals surface area contributed by atoms with E-state index in [4.69, 9.17) is 16.6 Å². The number of halogens is 1. The van der Waals surface area contributed by atoms with Crippen molar-refractivity contribution in [2.24, 2.45) is 12.5 Å². The van der Waals surface area contributed by atoms with E-state index in [0.717, 1.165) is 61.5 Å². The number of pyridine rings is 1. The first-order valence-corrected chi connectivity index (χ1v) is 12.2. The van der Waals surface area contributed by atoms with E-state index in [1.54, 1.807) is 23.1 Å². The quantitative estimate of drug-likeness (QED) is 0.553. The van der Waals surface area contributed by atoms with Crippen molar-refractivity contribution in [3.05, 3.63) is 51.4 Å². The molecule has 1 saturated heterocycles. The molecule has 0 radical (unpaired) electrons. The predicted octanol–water partition coefficient (Wildman–Crippen LogP) is 3.81. The molecule has 2 aromatic heterocycles. The normalized spacial score (nSPS) is 15.3. The Kier molecular flexibility index (Phi) is 6.87. The molecular weight excluding hydrogens is 450 g/mol. The molecule has 1 amide bonds. The van der Waals surface area contributed by atoms with Crippen LogP contribution in [0.4, 0.5) is 0 Å². The number of nitrogens with zero attached hydrogens (tertiary/aromatic N) is 5. The molecule has 34 heavy (non-hydrogen) atoms. The molecule has 0 aliphatic carbocycles. The van der Waals surface area contributed by atoms with Crippen molar-refractivity contribution in [2.45, 2.75) is 40.7 Å².